The third-order valence-corrected chi connectivity index (χ3v) is 0. The molecule has 0 saturated carbocycles. The van der Waals surface area contributed by atoms with E-state index in [4.69, 9.17) is 0 Å². The predicted octanol–water partition coefficient (Wildman–Crippen LogP) is -9.37. The minimum absolute atomic E-state index is 0. The number of hydrogen-bond donors (Lipinski definition) is 0. The Hall–Kier alpha value is 2.61. The predicted molar refractivity (Wildman–Crippen MR) is 5.75 cm³/mol. The zero-order chi connectivity index (χ0) is 0. The molecule has 4 heteroatoms. The molecule has 0 amide bonds. The number of hydrogen-bond acceptors (Lipinski definition) is 0. The van der Waals surface area contributed by atoms with Gasteiger partial charge in [0.15, 0.2) is 0 Å². The topological polar surface area (TPSA) is 0 Å². The van der Waals surface area contributed by atoms with Crippen molar-refractivity contribution in [2.24, 2.45) is 0 Å². The maximum Gasteiger partial charge on any atom is 1.00 e. The van der Waals surface area contributed by atoms with E-state index in [-0.39, 0.29) is 81.0 Å². The van der Waals surface area contributed by atoms with E-state index in [0.717, 1.165) is 0 Å². The van der Waals surface area contributed by atoms with E-state index < -0.39 is 0 Å². The van der Waals surface area contributed by atoms with Crippen LogP contribution in [0.1, 0.15) is 0 Å². The van der Waals surface area contributed by atoms with Crippen LogP contribution in [0.2, 0.25) is 0 Å². The molecule has 0 unspecified atom stereocenters. The largest absolute Gasteiger partial charge is 1.00 e. The van der Waals surface area contributed by atoms with E-state index in [2.05, 4.69) is 0 Å². The fraction of sp³-hybridized carbons (Fsp3) is 0. The number of rotatable bonds is 0. The molecule has 0 spiro atoms. The van der Waals surface area contributed by atoms with Gasteiger partial charge in [0.1, 0.15) is 0 Å². The van der Waals surface area contributed by atoms with Crippen LogP contribution in [0.15, 0.2) is 0 Å². The van der Waals surface area contributed by atoms with Gasteiger partial charge in [-0.2, -0.15) is 0 Å². The molecule has 5 valence electrons. The molecular formula is Li3Sb+3. The van der Waals surface area contributed by atoms with E-state index in [1.165, 1.54) is 0 Å². The fourth-order valence-corrected chi connectivity index (χ4v) is 0. The van der Waals surface area contributed by atoms with Crippen LogP contribution < -0.4 is 56.6 Å². The molecule has 0 fully saturated rings. The van der Waals surface area contributed by atoms with E-state index >= 15 is 0 Å². The Labute approximate surface area is 79.8 Å². The molecule has 4 heavy (non-hydrogen) atoms. The summed E-state index contributed by atoms with van der Waals surface area (Å²) < 4.78 is 0. The molecule has 0 aliphatic rings. The summed E-state index contributed by atoms with van der Waals surface area (Å²) in [6.07, 6.45) is 0. The van der Waals surface area contributed by atoms with Gasteiger partial charge in [-0.15, -0.1) is 0 Å². The van der Waals surface area contributed by atoms with Gasteiger partial charge in [0, 0.05) is 24.4 Å². The first-order valence-corrected chi connectivity index (χ1v) is 0. The first-order chi connectivity index (χ1) is 0. The zero-order valence-electron chi connectivity index (χ0n) is 3.45. The second kappa shape index (κ2) is 17.5. The Balaban J connectivity index is 0. The standard InChI is InChI=1S/3Li.Sb/q3*+1;. The van der Waals surface area contributed by atoms with Crippen molar-refractivity contribution in [3.8, 4) is 0 Å². The van der Waals surface area contributed by atoms with Crippen molar-refractivity contribution < 1.29 is 56.6 Å². The van der Waals surface area contributed by atoms with Crippen molar-refractivity contribution in [1.29, 1.82) is 0 Å². The average Bonchev–Trinajstić information content (AvgIpc) is 0. The van der Waals surface area contributed by atoms with Crippen molar-refractivity contribution in [3.63, 3.8) is 0 Å². The molecule has 3 radical (unpaired) electrons. The van der Waals surface area contributed by atoms with E-state index in [9.17, 15) is 0 Å². The first kappa shape index (κ1) is 30.5. The van der Waals surface area contributed by atoms with Crippen molar-refractivity contribution in [1.82, 2.24) is 0 Å². The third-order valence-electron chi connectivity index (χ3n) is 0. The maximum absolute atomic E-state index is 0. The summed E-state index contributed by atoms with van der Waals surface area (Å²) >= 11 is 0. The van der Waals surface area contributed by atoms with E-state index in [1.54, 1.807) is 0 Å². The Morgan fingerprint density at radius 3 is 0.500 bits per heavy atom. The molecule has 0 atom stereocenters. The van der Waals surface area contributed by atoms with Crippen molar-refractivity contribution in [2.45, 2.75) is 0 Å². The molecule has 0 aromatic rings. The summed E-state index contributed by atoms with van der Waals surface area (Å²) in [5, 5.41) is 0. The van der Waals surface area contributed by atoms with Gasteiger partial charge in [-0.05, 0) is 0 Å². The third kappa shape index (κ3) is 8.82. The summed E-state index contributed by atoms with van der Waals surface area (Å²) in [6, 6.07) is 0. The van der Waals surface area contributed by atoms with Crippen LogP contribution in [0.4, 0.5) is 0 Å². The molecule has 0 nitrogen and oxygen atoms in total. The van der Waals surface area contributed by atoms with Crippen LogP contribution in [-0.4, -0.2) is 24.4 Å². The molecule has 0 aliphatic carbocycles. The van der Waals surface area contributed by atoms with Gasteiger partial charge in [0.05, 0.1) is 0 Å². The van der Waals surface area contributed by atoms with Gasteiger partial charge < -0.3 is 0 Å². The van der Waals surface area contributed by atoms with Crippen molar-refractivity contribution in [2.75, 3.05) is 0 Å². The van der Waals surface area contributed by atoms with Gasteiger partial charge in [0.2, 0.25) is 0 Å². The first-order valence-electron chi connectivity index (χ1n) is 0. The maximum atomic E-state index is 0. The van der Waals surface area contributed by atoms with Gasteiger partial charge in [-0.1, -0.05) is 0 Å². The van der Waals surface area contributed by atoms with Gasteiger partial charge in [0.25, 0.3) is 0 Å². The van der Waals surface area contributed by atoms with Gasteiger partial charge in [-0.25, -0.2) is 0 Å². The second-order valence-electron chi connectivity index (χ2n) is 0. The average molecular weight is 143 g/mol. The van der Waals surface area contributed by atoms with Crippen LogP contribution >= 0.6 is 0 Å². The summed E-state index contributed by atoms with van der Waals surface area (Å²) in [5.74, 6) is 0. The Kier molecular flexibility index (Phi) is 134. The van der Waals surface area contributed by atoms with Crippen LogP contribution in [0.5, 0.6) is 0 Å². The minimum Gasteiger partial charge on any atom is 0 e. The fourth-order valence-electron chi connectivity index (χ4n) is 0. The molecule has 0 heterocycles. The minimum atomic E-state index is 0. The monoisotopic (exact) mass is 142 g/mol. The van der Waals surface area contributed by atoms with Gasteiger partial charge >= 0.3 is 56.6 Å². The van der Waals surface area contributed by atoms with Crippen molar-refractivity contribution in [3.05, 3.63) is 0 Å². The van der Waals surface area contributed by atoms with E-state index in [1.807, 2.05) is 0 Å². The molecule has 0 bridgehead atoms. The SMILES string of the molecule is [Li+].[Li+].[Li+].[Sb]. The molecule has 0 aromatic heterocycles. The molecule has 0 aliphatic heterocycles. The molecule has 0 N–H and O–H groups in total. The summed E-state index contributed by atoms with van der Waals surface area (Å²) in [6.45, 7) is 0. The van der Waals surface area contributed by atoms with Gasteiger partial charge in [-0.3, -0.25) is 0 Å². The van der Waals surface area contributed by atoms with Crippen LogP contribution in [0.25, 0.3) is 0 Å². The quantitative estimate of drug-likeness (QED) is 0.295. The summed E-state index contributed by atoms with van der Waals surface area (Å²) in [4.78, 5) is 0. The van der Waals surface area contributed by atoms with Crippen LogP contribution in [0.3, 0.4) is 0 Å². The normalized spacial score (nSPS) is 0. The Bertz CT molecular complexity index is 3.25. The Morgan fingerprint density at radius 2 is 0.500 bits per heavy atom. The van der Waals surface area contributed by atoms with Crippen molar-refractivity contribution >= 4 is 24.4 Å². The second-order valence-corrected chi connectivity index (χ2v) is 0. The summed E-state index contributed by atoms with van der Waals surface area (Å²) in [7, 11) is 0. The van der Waals surface area contributed by atoms with Crippen LogP contribution in [-0.2, 0) is 0 Å². The van der Waals surface area contributed by atoms with Crippen LogP contribution in [0, 0.1) is 0 Å². The Morgan fingerprint density at radius 1 is 0.500 bits per heavy atom. The molecule has 0 aromatic carbocycles. The molecular weight excluding hydrogens is 143 g/mol. The van der Waals surface area contributed by atoms with E-state index in [0.29, 0.717) is 0 Å². The zero-order valence-corrected chi connectivity index (χ0v) is 6.00. The smallest absolute Gasteiger partial charge is 0 e. The molecule has 0 saturated heterocycles. The summed E-state index contributed by atoms with van der Waals surface area (Å²) in [5.41, 5.74) is 0. The molecule has 0 rings (SSSR count).